The van der Waals surface area contributed by atoms with Gasteiger partial charge in [0.05, 0.1) is 25.6 Å². The summed E-state index contributed by atoms with van der Waals surface area (Å²) in [4.78, 5) is 45.6. The van der Waals surface area contributed by atoms with Crippen LogP contribution in [0, 0.1) is 16.0 Å². The summed E-state index contributed by atoms with van der Waals surface area (Å²) < 4.78 is 9.17. The van der Waals surface area contributed by atoms with Gasteiger partial charge in [0.25, 0.3) is 11.6 Å². The number of benzene rings is 1. The molecule has 1 aromatic carbocycles. The Bertz CT molecular complexity index is 644. The van der Waals surface area contributed by atoms with Gasteiger partial charge in [-0.25, -0.2) is 4.79 Å². The van der Waals surface area contributed by atoms with Crippen LogP contribution >= 0.6 is 0 Å². The standard InChI is InChI=1S/C15H18N2O7/c1-9(7-12(18)23-2)13(15(20)24-3)16-14(19)10-5-4-6-11(8-10)17(21)22/h4-6,8-9,13H,7H2,1-3H3,(H,16,19)/t9-,13-/m0/s1. The number of nitrogens with one attached hydrogen (secondary N) is 1. The van der Waals surface area contributed by atoms with Crippen LogP contribution in [-0.2, 0) is 19.1 Å². The zero-order valence-electron chi connectivity index (χ0n) is 13.5. The number of hydrogen-bond acceptors (Lipinski definition) is 7. The summed E-state index contributed by atoms with van der Waals surface area (Å²) in [7, 11) is 2.36. The van der Waals surface area contributed by atoms with Crippen LogP contribution in [0.5, 0.6) is 0 Å². The molecule has 0 bridgehead atoms. The molecule has 0 aliphatic rings. The van der Waals surface area contributed by atoms with Crippen LogP contribution in [-0.4, -0.2) is 43.0 Å². The second-order valence-electron chi connectivity index (χ2n) is 5.04. The summed E-state index contributed by atoms with van der Waals surface area (Å²) in [6, 6.07) is 3.98. The molecule has 9 heteroatoms. The summed E-state index contributed by atoms with van der Waals surface area (Å²) in [6.07, 6.45) is -0.106. The number of nitrogens with zero attached hydrogens (tertiary/aromatic N) is 1. The van der Waals surface area contributed by atoms with Gasteiger partial charge in [-0.3, -0.25) is 19.7 Å². The van der Waals surface area contributed by atoms with Crippen LogP contribution in [0.1, 0.15) is 23.7 Å². The van der Waals surface area contributed by atoms with E-state index in [1.807, 2.05) is 0 Å². The molecule has 9 nitrogen and oxygen atoms in total. The van der Waals surface area contributed by atoms with Gasteiger partial charge in [-0.05, 0) is 12.0 Å². The van der Waals surface area contributed by atoms with E-state index >= 15 is 0 Å². The van der Waals surface area contributed by atoms with Crippen LogP contribution < -0.4 is 5.32 Å². The van der Waals surface area contributed by atoms with Gasteiger partial charge in [-0.1, -0.05) is 13.0 Å². The summed E-state index contributed by atoms with van der Waals surface area (Å²) in [5.41, 5.74) is -0.233. The molecule has 0 heterocycles. The van der Waals surface area contributed by atoms with Gasteiger partial charge in [-0.2, -0.15) is 0 Å². The van der Waals surface area contributed by atoms with Crippen molar-refractivity contribution in [3.05, 3.63) is 39.9 Å². The highest BCUT2D eigenvalue weighted by atomic mass is 16.6. The monoisotopic (exact) mass is 338 g/mol. The Morgan fingerprint density at radius 1 is 1.25 bits per heavy atom. The number of carbonyl (C=O) groups is 3. The molecular weight excluding hydrogens is 320 g/mol. The molecule has 2 atom stereocenters. The first-order chi connectivity index (χ1) is 11.3. The van der Waals surface area contributed by atoms with E-state index in [-0.39, 0.29) is 17.7 Å². The van der Waals surface area contributed by atoms with Crippen molar-refractivity contribution < 1.29 is 28.8 Å². The number of amides is 1. The molecule has 130 valence electrons. The van der Waals surface area contributed by atoms with E-state index < -0.39 is 34.7 Å². The number of ether oxygens (including phenoxy) is 2. The van der Waals surface area contributed by atoms with E-state index in [1.165, 1.54) is 25.3 Å². The van der Waals surface area contributed by atoms with Crippen molar-refractivity contribution in [2.45, 2.75) is 19.4 Å². The Morgan fingerprint density at radius 2 is 1.92 bits per heavy atom. The number of methoxy groups -OCH3 is 2. The molecule has 0 saturated heterocycles. The number of rotatable bonds is 7. The minimum atomic E-state index is -1.10. The van der Waals surface area contributed by atoms with E-state index in [9.17, 15) is 24.5 Å². The Kier molecular flexibility index (Phi) is 6.84. The van der Waals surface area contributed by atoms with Crippen molar-refractivity contribution in [3.63, 3.8) is 0 Å². The average molecular weight is 338 g/mol. The fourth-order valence-corrected chi connectivity index (χ4v) is 2.01. The van der Waals surface area contributed by atoms with Crippen molar-refractivity contribution in [1.29, 1.82) is 0 Å². The minimum Gasteiger partial charge on any atom is -0.469 e. The maximum Gasteiger partial charge on any atom is 0.328 e. The number of carbonyl (C=O) groups excluding carboxylic acids is 3. The highest BCUT2D eigenvalue weighted by molar-refractivity contribution is 5.97. The number of esters is 2. The summed E-state index contributed by atoms with van der Waals surface area (Å²) in [6.45, 7) is 1.58. The topological polar surface area (TPSA) is 125 Å². The molecule has 1 amide bonds. The van der Waals surface area contributed by atoms with Gasteiger partial charge in [-0.15, -0.1) is 0 Å². The molecule has 0 aliphatic heterocycles. The normalized spacial score (nSPS) is 12.6. The maximum atomic E-state index is 12.3. The summed E-state index contributed by atoms with van der Waals surface area (Å²) in [5.74, 6) is -2.55. The van der Waals surface area contributed by atoms with Gasteiger partial charge < -0.3 is 14.8 Å². The zero-order valence-corrected chi connectivity index (χ0v) is 13.5. The summed E-state index contributed by atoms with van der Waals surface area (Å²) >= 11 is 0. The highest BCUT2D eigenvalue weighted by Crippen LogP contribution is 2.15. The third-order valence-electron chi connectivity index (χ3n) is 3.35. The van der Waals surface area contributed by atoms with E-state index in [2.05, 4.69) is 14.8 Å². The van der Waals surface area contributed by atoms with E-state index in [0.717, 1.165) is 13.2 Å². The lowest BCUT2D eigenvalue weighted by Gasteiger charge is -2.22. The fraction of sp³-hybridized carbons (Fsp3) is 0.400. The first-order valence-corrected chi connectivity index (χ1v) is 7.00. The number of nitro benzene ring substituents is 1. The lowest BCUT2D eigenvalue weighted by molar-refractivity contribution is -0.384. The Balaban J connectivity index is 2.95. The first kappa shape index (κ1) is 19.1. The van der Waals surface area contributed by atoms with Crippen molar-refractivity contribution >= 4 is 23.5 Å². The van der Waals surface area contributed by atoms with Crippen LogP contribution in [0.2, 0.25) is 0 Å². The molecule has 1 aromatic rings. The second-order valence-corrected chi connectivity index (χ2v) is 5.04. The number of hydrogen-bond donors (Lipinski definition) is 1. The van der Waals surface area contributed by atoms with Gasteiger partial charge >= 0.3 is 11.9 Å². The van der Waals surface area contributed by atoms with Gasteiger partial charge in [0, 0.05) is 17.7 Å². The van der Waals surface area contributed by atoms with E-state index in [0.29, 0.717) is 0 Å². The third kappa shape index (κ3) is 5.04. The zero-order chi connectivity index (χ0) is 18.3. The third-order valence-corrected chi connectivity index (χ3v) is 3.35. The van der Waals surface area contributed by atoms with Gasteiger partial charge in [0.1, 0.15) is 6.04 Å². The largest absolute Gasteiger partial charge is 0.469 e. The van der Waals surface area contributed by atoms with Crippen LogP contribution in [0.15, 0.2) is 24.3 Å². The van der Waals surface area contributed by atoms with Crippen molar-refractivity contribution in [2.24, 2.45) is 5.92 Å². The molecule has 0 aliphatic carbocycles. The molecule has 0 radical (unpaired) electrons. The SMILES string of the molecule is COC(=O)C[C@H](C)[C@H](NC(=O)c1cccc([N+](=O)[O-])c1)C(=O)OC. The lowest BCUT2D eigenvalue weighted by Crippen LogP contribution is -2.46. The molecule has 0 spiro atoms. The number of non-ortho nitro benzene ring substituents is 1. The molecule has 0 fully saturated rings. The molecule has 0 saturated carbocycles. The molecule has 0 aromatic heterocycles. The average Bonchev–Trinajstić information content (AvgIpc) is 2.58. The second kappa shape index (κ2) is 8.61. The predicted molar refractivity (Wildman–Crippen MR) is 82.2 cm³/mol. The summed E-state index contributed by atoms with van der Waals surface area (Å²) in [5, 5.41) is 13.2. The van der Waals surface area contributed by atoms with Crippen LogP contribution in [0.3, 0.4) is 0 Å². The quantitative estimate of drug-likeness (QED) is 0.448. The predicted octanol–water partition coefficient (Wildman–Crippen LogP) is 1.07. The van der Waals surface area contributed by atoms with Crippen LogP contribution in [0.4, 0.5) is 5.69 Å². The Hall–Kier alpha value is -2.97. The highest BCUT2D eigenvalue weighted by Gasteiger charge is 2.30. The smallest absolute Gasteiger partial charge is 0.328 e. The van der Waals surface area contributed by atoms with E-state index in [4.69, 9.17) is 0 Å². The van der Waals surface area contributed by atoms with Gasteiger partial charge in [0.2, 0.25) is 0 Å². The van der Waals surface area contributed by atoms with E-state index in [1.54, 1.807) is 6.92 Å². The lowest BCUT2D eigenvalue weighted by atomic mass is 9.97. The van der Waals surface area contributed by atoms with Crippen molar-refractivity contribution in [1.82, 2.24) is 5.32 Å². The van der Waals surface area contributed by atoms with Crippen molar-refractivity contribution in [2.75, 3.05) is 14.2 Å². The first-order valence-electron chi connectivity index (χ1n) is 7.00. The Morgan fingerprint density at radius 3 is 2.46 bits per heavy atom. The van der Waals surface area contributed by atoms with Gasteiger partial charge in [0.15, 0.2) is 0 Å². The maximum absolute atomic E-state index is 12.3. The molecule has 0 unspecified atom stereocenters. The molecule has 1 N–H and O–H groups in total. The molecule has 24 heavy (non-hydrogen) atoms. The minimum absolute atomic E-state index is 0.0170. The molecule has 1 rings (SSSR count). The number of nitro groups is 1. The fourth-order valence-electron chi connectivity index (χ4n) is 2.01. The van der Waals surface area contributed by atoms with Crippen LogP contribution in [0.25, 0.3) is 0 Å². The Labute approximate surface area is 138 Å². The van der Waals surface area contributed by atoms with Crippen molar-refractivity contribution in [3.8, 4) is 0 Å². The molecular formula is C15H18N2O7.